The molecule has 0 aliphatic rings. The van der Waals surface area contributed by atoms with Crippen molar-refractivity contribution in [2.45, 2.75) is 25.5 Å². The summed E-state index contributed by atoms with van der Waals surface area (Å²) >= 11 is 6.12. The minimum atomic E-state index is -0.992. The van der Waals surface area contributed by atoms with E-state index < -0.39 is 18.1 Å². The molecule has 1 rings (SSSR count). The van der Waals surface area contributed by atoms with Gasteiger partial charge in [-0.05, 0) is 31.0 Å². The molecule has 2 unspecified atom stereocenters. The SMILES string of the molecule is COC(=O)C(Nc1ccc(C#N)c(Cl)c1CCO)C(C)O. The molecule has 1 aromatic rings. The van der Waals surface area contributed by atoms with Gasteiger partial charge in [0.15, 0.2) is 6.04 Å². The number of anilines is 1. The second kappa shape index (κ2) is 7.84. The summed E-state index contributed by atoms with van der Waals surface area (Å²) in [5.74, 6) is -0.625. The molecule has 2 atom stereocenters. The number of rotatable bonds is 6. The van der Waals surface area contributed by atoms with Crippen molar-refractivity contribution in [2.24, 2.45) is 0 Å². The second-order valence-corrected chi connectivity index (χ2v) is 4.80. The summed E-state index contributed by atoms with van der Waals surface area (Å²) in [6, 6.07) is 4.05. The van der Waals surface area contributed by atoms with Crippen molar-refractivity contribution in [1.82, 2.24) is 0 Å². The number of methoxy groups -OCH3 is 1. The molecule has 0 aliphatic carbocycles. The molecule has 0 saturated heterocycles. The number of nitrogens with one attached hydrogen (secondary N) is 1. The van der Waals surface area contributed by atoms with Crippen LogP contribution >= 0.6 is 11.6 Å². The predicted octanol–water partition coefficient (Wildman–Crippen LogP) is 1.08. The number of nitriles is 1. The van der Waals surface area contributed by atoms with Gasteiger partial charge in [0.1, 0.15) is 6.07 Å². The Morgan fingerprint density at radius 1 is 1.57 bits per heavy atom. The fraction of sp³-hybridized carbons (Fsp3) is 0.429. The molecule has 7 heteroatoms. The predicted molar refractivity (Wildman–Crippen MR) is 78.1 cm³/mol. The summed E-state index contributed by atoms with van der Waals surface area (Å²) in [6.07, 6.45) is -0.779. The summed E-state index contributed by atoms with van der Waals surface area (Å²) in [5, 5.41) is 30.8. The summed E-state index contributed by atoms with van der Waals surface area (Å²) in [7, 11) is 1.22. The molecule has 0 fully saturated rings. The molecule has 114 valence electrons. The molecular weight excluding hydrogens is 296 g/mol. The Morgan fingerprint density at radius 2 is 2.24 bits per heavy atom. The molecular formula is C14H17ClN2O4. The van der Waals surface area contributed by atoms with Gasteiger partial charge in [0, 0.05) is 12.3 Å². The number of hydrogen-bond acceptors (Lipinski definition) is 6. The van der Waals surface area contributed by atoms with Crippen LogP contribution in [0.1, 0.15) is 18.1 Å². The third-order valence-electron chi connectivity index (χ3n) is 2.97. The molecule has 0 aliphatic heterocycles. The van der Waals surface area contributed by atoms with E-state index in [1.54, 1.807) is 6.07 Å². The van der Waals surface area contributed by atoms with Crippen molar-refractivity contribution in [3.05, 3.63) is 28.3 Å². The maximum absolute atomic E-state index is 11.7. The van der Waals surface area contributed by atoms with Gasteiger partial charge in [-0.25, -0.2) is 4.79 Å². The number of carbonyl (C=O) groups excluding carboxylic acids is 1. The monoisotopic (exact) mass is 312 g/mol. The highest BCUT2D eigenvalue weighted by molar-refractivity contribution is 6.33. The van der Waals surface area contributed by atoms with Crippen molar-refractivity contribution in [3.63, 3.8) is 0 Å². The van der Waals surface area contributed by atoms with Crippen LogP contribution in [0.3, 0.4) is 0 Å². The molecule has 0 amide bonds. The van der Waals surface area contributed by atoms with Gasteiger partial charge >= 0.3 is 5.97 Å². The third-order valence-corrected chi connectivity index (χ3v) is 3.41. The highest BCUT2D eigenvalue weighted by Gasteiger charge is 2.25. The minimum absolute atomic E-state index is 0.166. The smallest absolute Gasteiger partial charge is 0.330 e. The Balaban J connectivity index is 3.20. The van der Waals surface area contributed by atoms with Gasteiger partial charge in [0.05, 0.1) is 23.8 Å². The lowest BCUT2D eigenvalue weighted by atomic mass is 10.0. The van der Waals surface area contributed by atoms with Gasteiger partial charge in [-0.1, -0.05) is 11.6 Å². The number of aliphatic hydroxyl groups excluding tert-OH is 2. The molecule has 3 N–H and O–H groups in total. The van der Waals surface area contributed by atoms with Crippen molar-refractivity contribution < 1.29 is 19.7 Å². The number of aliphatic hydroxyl groups is 2. The van der Waals surface area contributed by atoms with E-state index >= 15 is 0 Å². The molecule has 0 heterocycles. The lowest BCUT2D eigenvalue weighted by Gasteiger charge is -2.22. The van der Waals surface area contributed by atoms with Crippen LogP contribution in [0, 0.1) is 11.3 Å². The zero-order valence-electron chi connectivity index (χ0n) is 11.8. The number of esters is 1. The standard InChI is InChI=1S/C14H17ClN2O4/c1-8(19)13(14(20)21-2)17-11-4-3-9(7-16)12(15)10(11)5-6-18/h3-4,8,13,17-19H,5-6H2,1-2H3. The van der Waals surface area contributed by atoms with E-state index in [9.17, 15) is 9.90 Å². The maximum atomic E-state index is 11.7. The van der Waals surface area contributed by atoms with Gasteiger partial charge < -0.3 is 20.3 Å². The molecule has 0 bridgehead atoms. The van der Waals surface area contributed by atoms with Crippen LogP contribution in [0.4, 0.5) is 5.69 Å². The Bertz CT molecular complexity index is 555. The van der Waals surface area contributed by atoms with E-state index in [4.69, 9.17) is 22.0 Å². The zero-order valence-corrected chi connectivity index (χ0v) is 12.5. The summed E-state index contributed by atoms with van der Waals surface area (Å²) in [4.78, 5) is 11.7. The van der Waals surface area contributed by atoms with E-state index in [0.29, 0.717) is 11.3 Å². The molecule has 0 aromatic heterocycles. The van der Waals surface area contributed by atoms with Crippen molar-refractivity contribution in [2.75, 3.05) is 19.0 Å². The molecule has 6 nitrogen and oxygen atoms in total. The van der Waals surface area contributed by atoms with Crippen LogP contribution in [-0.2, 0) is 16.0 Å². The van der Waals surface area contributed by atoms with Gasteiger partial charge in [0.25, 0.3) is 0 Å². The largest absolute Gasteiger partial charge is 0.467 e. The van der Waals surface area contributed by atoms with Crippen LogP contribution in [0.2, 0.25) is 5.02 Å². The van der Waals surface area contributed by atoms with E-state index in [0.717, 1.165) is 0 Å². The van der Waals surface area contributed by atoms with E-state index in [1.807, 2.05) is 6.07 Å². The molecule has 0 spiro atoms. The first-order valence-corrected chi connectivity index (χ1v) is 6.68. The Kier molecular flexibility index (Phi) is 6.43. The van der Waals surface area contributed by atoms with Gasteiger partial charge in [-0.3, -0.25) is 0 Å². The van der Waals surface area contributed by atoms with Gasteiger partial charge in [-0.15, -0.1) is 0 Å². The Labute approximate surface area is 127 Å². The van der Waals surface area contributed by atoms with Crippen LogP contribution in [0.15, 0.2) is 12.1 Å². The number of halogens is 1. The van der Waals surface area contributed by atoms with Gasteiger partial charge in [-0.2, -0.15) is 5.26 Å². The summed E-state index contributed by atoms with van der Waals surface area (Å²) < 4.78 is 4.62. The first kappa shape index (κ1) is 17.2. The normalized spacial score (nSPS) is 13.1. The zero-order chi connectivity index (χ0) is 16.0. The molecule has 21 heavy (non-hydrogen) atoms. The van der Waals surface area contributed by atoms with Gasteiger partial charge in [0.2, 0.25) is 0 Å². The molecule has 0 radical (unpaired) electrons. The first-order chi connectivity index (χ1) is 9.96. The Morgan fingerprint density at radius 3 is 2.71 bits per heavy atom. The lowest BCUT2D eigenvalue weighted by molar-refractivity contribution is -0.143. The maximum Gasteiger partial charge on any atom is 0.330 e. The lowest BCUT2D eigenvalue weighted by Crippen LogP contribution is -2.40. The third kappa shape index (κ3) is 4.08. The molecule has 1 aromatic carbocycles. The fourth-order valence-corrected chi connectivity index (χ4v) is 2.17. The van der Waals surface area contributed by atoms with E-state index in [-0.39, 0.29) is 23.6 Å². The quantitative estimate of drug-likeness (QED) is 0.679. The summed E-state index contributed by atoms with van der Waals surface area (Å²) in [6.45, 7) is 1.28. The van der Waals surface area contributed by atoms with Crippen LogP contribution in [-0.4, -0.2) is 42.0 Å². The van der Waals surface area contributed by atoms with Crippen molar-refractivity contribution in [3.8, 4) is 6.07 Å². The Hall–Kier alpha value is -1.81. The first-order valence-electron chi connectivity index (χ1n) is 6.31. The van der Waals surface area contributed by atoms with E-state index in [1.165, 1.54) is 20.1 Å². The van der Waals surface area contributed by atoms with Crippen LogP contribution in [0.5, 0.6) is 0 Å². The summed E-state index contributed by atoms with van der Waals surface area (Å²) in [5.41, 5.74) is 1.24. The number of nitrogens with zero attached hydrogens (tertiary/aromatic N) is 1. The highest BCUT2D eigenvalue weighted by atomic mass is 35.5. The number of carbonyl (C=O) groups is 1. The highest BCUT2D eigenvalue weighted by Crippen LogP contribution is 2.29. The van der Waals surface area contributed by atoms with E-state index in [2.05, 4.69) is 10.1 Å². The fourth-order valence-electron chi connectivity index (χ4n) is 1.87. The topological polar surface area (TPSA) is 103 Å². The van der Waals surface area contributed by atoms with Crippen LogP contribution < -0.4 is 5.32 Å². The second-order valence-electron chi connectivity index (χ2n) is 4.42. The number of hydrogen-bond donors (Lipinski definition) is 3. The molecule has 0 saturated carbocycles. The number of ether oxygens (including phenoxy) is 1. The average molecular weight is 313 g/mol. The van der Waals surface area contributed by atoms with Crippen LogP contribution in [0.25, 0.3) is 0 Å². The number of benzene rings is 1. The van der Waals surface area contributed by atoms with Crippen molar-refractivity contribution in [1.29, 1.82) is 5.26 Å². The van der Waals surface area contributed by atoms with Crippen molar-refractivity contribution >= 4 is 23.3 Å². The average Bonchev–Trinajstić information content (AvgIpc) is 2.46. The minimum Gasteiger partial charge on any atom is -0.467 e.